The zero-order chi connectivity index (χ0) is 14.0. The van der Waals surface area contributed by atoms with Crippen molar-refractivity contribution < 1.29 is 9.53 Å². The van der Waals surface area contributed by atoms with Gasteiger partial charge in [0.2, 0.25) is 5.91 Å². The van der Waals surface area contributed by atoms with Gasteiger partial charge in [-0.1, -0.05) is 0 Å². The Kier molecular flexibility index (Phi) is 4.21. The van der Waals surface area contributed by atoms with E-state index in [-0.39, 0.29) is 18.1 Å². The van der Waals surface area contributed by atoms with Gasteiger partial charge in [0.25, 0.3) is 0 Å². The average molecular weight is 266 g/mol. The Labute approximate surface area is 113 Å². The molecule has 1 aliphatic heterocycles. The average Bonchev–Trinajstić information content (AvgIpc) is 2.59. The van der Waals surface area contributed by atoms with Crippen molar-refractivity contribution in [3.63, 3.8) is 0 Å². The maximum atomic E-state index is 12.1. The van der Waals surface area contributed by atoms with Gasteiger partial charge in [0.15, 0.2) is 0 Å². The minimum absolute atomic E-state index is 0.00565. The minimum Gasteiger partial charge on any atom is -0.373 e. The van der Waals surface area contributed by atoms with Gasteiger partial charge in [0.05, 0.1) is 35.8 Å². The molecule has 106 valence electrons. The highest BCUT2D eigenvalue weighted by atomic mass is 16.5. The number of nitrogens with one attached hydrogen (secondary N) is 2. The molecule has 0 radical (unpaired) electrons. The zero-order valence-corrected chi connectivity index (χ0v) is 12.0. The maximum absolute atomic E-state index is 12.1. The molecule has 0 aliphatic carbocycles. The van der Waals surface area contributed by atoms with E-state index in [1.54, 1.807) is 0 Å². The van der Waals surface area contributed by atoms with Crippen LogP contribution in [0.2, 0.25) is 0 Å². The number of hydrogen-bond acceptors (Lipinski definition) is 4. The number of anilines is 1. The van der Waals surface area contributed by atoms with E-state index in [0.29, 0.717) is 6.54 Å². The van der Waals surface area contributed by atoms with Crippen molar-refractivity contribution in [3.8, 4) is 0 Å². The highest BCUT2D eigenvalue weighted by Gasteiger charge is 2.24. The first-order valence-electron chi connectivity index (χ1n) is 6.65. The van der Waals surface area contributed by atoms with Gasteiger partial charge in [-0.25, -0.2) is 0 Å². The molecule has 1 amide bonds. The lowest BCUT2D eigenvalue weighted by atomic mass is 10.2. The fraction of sp³-hybridized carbons (Fsp3) is 0.692. The van der Waals surface area contributed by atoms with Crippen LogP contribution in [0.5, 0.6) is 0 Å². The number of carbonyl (C=O) groups excluding carboxylic acids is 1. The van der Waals surface area contributed by atoms with E-state index < -0.39 is 0 Å². The predicted molar refractivity (Wildman–Crippen MR) is 73.1 cm³/mol. The standard InChI is InChI=1S/C13H22N4O2/c1-8-5-17(6-9(2)19-8)7-12(18)14-13-10(3)15-16-11(13)4/h8-9H,5-7H2,1-4H3,(H,14,18)(H,15,16). The molecule has 6 nitrogen and oxygen atoms in total. The van der Waals surface area contributed by atoms with Crippen molar-refractivity contribution >= 4 is 11.6 Å². The van der Waals surface area contributed by atoms with Crippen LogP contribution in [0.25, 0.3) is 0 Å². The molecule has 1 aliphatic rings. The van der Waals surface area contributed by atoms with E-state index in [1.165, 1.54) is 0 Å². The Hall–Kier alpha value is -1.40. The van der Waals surface area contributed by atoms with Crippen LogP contribution >= 0.6 is 0 Å². The fourth-order valence-corrected chi connectivity index (χ4v) is 2.53. The number of aromatic nitrogens is 2. The van der Waals surface area contributed by atoms with Crippen molar-refractivity contribution in [2.24, 2.45) is 0 Å². The Morgan fingerprint density at radius 2 is 2.05 bits per heavy atom. The first kappa shape index (κ1) is 14.0. The van der Waals surface area contributed by atoms with Gasteiger partial charge in [0, 0.05) is 13.1 Å². The van der Waals surface area contributed by atoms with E-state index >= 15 is 0 Å². The van der Waals surface area contributed by atoms with E-state index in [0.717, 1.165) is 30.2 Å². The summed E-state index contributed by atoms with van der Waals surface area (Å²) in [6.45, 7) is 9.81. The lowest BCUT2D eigenvalue weighted by Gasteiger charge is -2.34. The van der Waals surface area contributed by atoms with Gasteiger partial charge in [0.1, 0.15) is 0 Å². The number of morpholine rings is 1. The number of amides is 1. The van der Waals surface area contributed by atoms with Crippen LogP contribution in [0.3, 0.4) is 0 Å². The minimum atomic E-state index is -0.00565. The molecular formula is C13H22N4O2. The van der Waals surface area contributed by atoms with Gasteiger partial charge in [-0.05, 0) is 27.7 Å². The van der Waals surface area contributed by atoms with Crippen LogP contribution in [0, 0.1) is 13.8 Å². The second-order valence-corrected chi connectivity index (χ2v) is 5.31. The summed E-state index contributed by atoms with van der Waals surface area (Å²) in [5.41, 5.74) is 2.49. The number of aromatic amines is 1. The summed E-state index contributed by atoms with van der Waals surface area (Å²) in [7, 11) is 0. The molecule has 0 spiro atoms. The smallest absolute Gasteiger partial charge is 0.238 e. The number of nitrogens with zero attached hydrogens (tertiary/aromatic N) is 2. The van der Waals surface area contributed by atoms with E-state index in [1.807, 2.05) is 27.7 Å². The molecule has 0 saturated carbocycles. The molecule has 19 heavy (non-hydrogen) atoms. The van der Waals surface area contributed by atoms with Gasteiger partial charge in [-0.15, -0.1) is 0 Å². The maximum Gasteiger partial charge on any atom is 0.238 e. The molecule has 2 atom stereocenters. The normalized spacial score (nSPS) is 24.4. The lowest BCUT2D eigenvalue weighted by molar-refractivity contribution is -0.121. The molecular weight excluding hydrogens is 244 g/mol. The van der Waals surface area contributed by atoms with Gasteiger partial charge < -0.3 is 10.1 Å². The molecule has 2 rings (SSSR count). The van der Waals surface area contributed by atoms with Crippen LogP contribution in [0.1, 0.15) is 25.2 Å². The SMILES string of the molecule is Cc1n[nH]c(C)c1NC(=O)CN1CC(C)OC(C)C1. The van der Waals surface area contributed by atoms with Crippen LogP contribution in [-0.4, -0.2) is 52.8 Å². The Balaban J connectivity index is 1.91. The molecule has 2 heterocycles. The summed E-state index contributed by atoms with van der Waals surface area (Å²) in [5.74, 6) is -0.00565. The van der Waals surface area contributed by atoms with Crippen LogP contribution < -0.4 is 5.32 Å². The number of hydrogen-bond donors (Lipinski definition) is 2. The molecule has 0 bridgehead atoms. The number of H-pyrrole nitrogens is 1. The summed E-state index contributed by atoms with van der Waals surface area (Å²) >= 11 is 0. The van der Waals surface area contributed by atoms with Crippen LogP contribution in [0.4, 0.5) is 5.69 Å². The number of ether oxygens (including phenoxy) is 1. The van der Waals surface area contributed by atoms with Gasteiger partial charge in [-0.2, -0.15) is 5.10 Å². The molecule has 2 N–H and O–H groups in total. The summed E-state index contributed by atoms with van der Waals surface area (Å²) in [4.78, 5) is 14.2. The quantitative estimate of drug-likeness (QED) is 0.858. The topological polar surface area (TPSA) is 70.2 Å². The molecule has 1 saturated heterocycles. The van der Waals surface area contributed by atoms with Crippen LogP contribution in [-0.2, 0) is 9.53 Å². The molecule has 1 aromatic rings. The first-order valence-corrected chi connectivity index (χ1v) is 6.65. The van der Waals surface area contributed by atoms with Gasteiger partial charge in [-0.3, -0.25) is 14.8 Å². The van der Waals surface area contributed by atoms with Crippen molar-refractivity contribution in [3.05, 3.63) is 11.4 Å². The second kappa shape index (κ2) is 5.71. The third-order valence-corrected chi connectivity index (χ3v) is 3.25. The van der Waals surface area contributed by atoms with Crippen molar-refractivity contribution in [2.45, 2.75) is 39.9 Å². The largest absolute Gasteiger partial charge is 0.373 e. The molecule has 1 aromatic heterocycles. The predicted octanol–water partition coefficient (Wildman–Crippen LogP) is 1.07. The van der Waals surface area contributed by atoms with E-state index in [2.05, 4.69) is 20.4 Å². The van der Waals surface area contributed by atoms with Crippen molar-refractivity contribution in [1.29, 1.82) is 0 Å². The van der Waals surface area contributed by atoms with E-state index in [4.69, 9.17) is 4.74 Å². The number of aryl methyl sites for hydroxylation is 2. The van der Waals surface area contributed by atoms with Crippen molar-refractivity contribution in [2.75, 3.05) is 25.0 Å². The highest BCUT2D eigenvalue weighted by molar-refractivity contribution is 5.93. The summed E-state index contributed by atoms with van der Waals surface area (Å²) in [6.07, 6.45) is 0.350. The third kappa shape index (κ3) is 3.54. The number of rotatable bonds is 3. The third-order valence-electron chi connectivity index (χ3n) is 3.25. The van der Waals surface area contributed by atoms with E-state index in [9.17, 15) is 4.79 Å². The summed E-state index contributed by atoms with van der Waals surface area (Å²) in [5, 5.41) is 9.85. The molecule has 2 unspecified atom stereocenters. The Bertz CT molecular complexity index is 428. The molecule has 0 aromatic carbocycles. The highest BCUT2D eigenvalue weighted by Crippen LogP contribution is 2.16. The van der Waals surface area contributed by atoms with Gasteiger partial charge >= 0.3 is 0 Å². The number of carbonyl (C=O) groups is 1. The molecule has 6 heteroatoms. The summed E-state index contributed by atoms with van der Waals surface area (Å²) < 4.78 is 5.65. The summed E-state index contributed by atoms with van der Waals surface area (Å²) in [6, 6.07) is 0. The lowest BCUT2D eigenvalue weighted by Crippen LogP contribution is -2.48. The first-order chi connectivity index (χ1) is 8.95. The van der Waals surface area contributed by atoms with Crippen molar-refractivity contribution in [1.82, 2.24) is 15.1 Å². The Morgan fingerprint density at radius 3 is 2.58 bits per heavy atom. The van der Waals surface area contributed by atoms with Crippen LogP contribution in [0.15, 0.2) is 0 Å². The zero-order valence-electron chi connectivity index (χ0n) is 12.0. The monoisotopic (exact) mass is 266 g/mol. The second-order valence-electron chi connectivity index (χ2n) is 5.31. The Morgan fingerprint density at radius 1 is 1.42 bits per heavy atom. The molecule has 1 fully saturated rings. The fourth-order valence-electron chi connectivity index (χ4n) is 2.53.